The Balaban J connectivity index is 1.94. The van der Waals surface area contributed by atoms with E-state index in [1.165, 1.54) is 13.2 Å². The van der Waals surface area contributed by atoms with E-state index in [9.17, 15) is 14.4 Å². The first-order valence-corrected chi connectivity index (χ1v) is 10.0. The molecular weight excluding hydrogens is 364 g/mol. The van der Waals surface area contributed by atoms with Crippen LogP contribution in [0.4, 0.5) is 0 Å². The summed E-state index contributed by atoms with van der Waals surface area (Å²) >= 11 is 0. The van der Waals surface area contributed by atoms with Gasteiger partial charge in [-0.1, -0.05) is 12.8 Å². The van der Waals surface area contributed by atoms with Gasteiger partial charge in [-0.15, -0.1) is 0 Å². The highest BCUT2D eigenvalue weighted by atomic mass is 16.6. The minimum absolute atomic E-state index is 0.0828. The lowest BCUT2D eigenvalue weighted by Gasteiger charge is -2.42. The first-order chi connectivity index (χ1) is 13.1. The van der Waals surface area contributed by atoms with Crippen LogP contribution in [0.3, 0.4) is 0 Å². The topological polar surface area (TPSA) is 88.1 Å². The fourth-order valence-electron chi connectivity index (χ4n) is 5.70. The van der Waals surface area contributed by atoms with Gasteiger partial charge in [0, 0.05) is 31.1 Å². The summed E-state index contributed by atoms with van der Waals surface area (Å²) in [5, 5.41) is 0. The lowest BCUT2D eigenvalue weighted by Crippen LogP contribution is -2.66. The van der Waals surface area contributed by atoms with Gasteiger partial charge in [0.15, 0.2) is 11.4 Å². The van der Waals surface area contributed by atoms with Gasteiger partial charge in [0.25, 0.3) is 5.60 Å². The summed E-state index contributed by atoms with van der Waals surface area (Å²) in [5.41, 5.74) is -4.45. The molecule has 0 N–H and O–H groups in total. The number of methoxy groups -OCH3 is 1. The van der Waals surface area contributed by atoms with E-state index in [2.05, 4.69) is 0 Å². The highest BCUT2D eigenvalue weighted by Crippen LogP contribution is 2.66. The third-order valence-electron chi connectivity index (χ3n) is 6.53. The van der Waals surface area contributed by atoms with Crippen molar-refractivity contribution in [1.82, 2.24) is 0 Å². The molecule has 0 aromatic heterocycles. The van der Waals surface area contributed by atoms with Crippen LogP contribution in [-0.2, 0) is 33.3 Å². The van der Waals surface area contributed by atoms with Gasteiger partial charge in [-0.25, -0.2) is 9.59 Å². The van der Waals surface area contributed by atoms with Crippen LogP contribution in [0, 0.1) is 5.92 Å². The SMILES string of the molecule is COCC1=CC(=O)O[C@@]12[C@@H]1CCCC[C@]13CCC(=O)[C@@]2(C(=O)OC(C)(C)C)O3. The minimum atomic E-state index is -1.97. The number of esters is 2. The number of fused-ring (bicyclic) bond motifs is 3. The first-order valence-electron chi connectivity index (χ1n) is 10.0. The monoisotopic (exact) mass is 392 g/mol. The predicted octanol–water partition coefficient (Wildman–Crippen LogP) is 2.26. The van der Waals surface area contributed by atoms with Crippen molar-refractivity contribution in [2.24, 2.45) is 5.92 Å². The molecule has 0 unspecified atom stereocenters. The highest BCUT2D eigenvalue weighted by Gasteiger charge is 2.83. The second-order valence-corrected chi connectivity index (χ2v) is 9.33. The van der Waals surface area contributed by atoms with Gasteiger partial charge in [-0.05, 0) is 40.0 Å². The third-order valence-corrected chi connectivity index (χ3v) is 6.53. The van der Waals surface area contributed by atoms with Crippen LogP contribution in [0.25, 0.3) is 0 Å². The molecule has 1 aliphatic carbocycles. The average Bonchev–Trinajstić information content (AvgIpc) is 3.04. The molecule has 28 heavy (non-hydrogen) atoms. The third kappa shape index (κ3) is 2.38. The van der Waals surface area contributed by atoms with E-state index in [1.807, 2.05) is 0 Å². The zero-order valence-electron chi connectivity index (χ0n) is 17.0. The Kier molecular flexibility index (Phi) is 4.29. The number of carbonyl (C=O) groups excluding carboxylic acids is 3. The molecule has 4 atom stereocenters. The zero-order chi connectivity index (χ0) is 20.4. The number of Topliss-reactive ketones (excluding diaryl/α,β-unsaturated/α-hetero) is 1. The maximum Gasteiger partial charge on any atom is 0.351 e. The zero-order valence-corrected chi connectivity index (χ0v) is 17.0. The number of ketones is 1. The number of rotatable bonds is 3. The van der Waals surface area contributed by atoms with Crippen molar-refractivity contribution < 1.29 is 33.3 Å². The highest BCUT2D eigenvalue weighted by molar-refractivity contribution is 6.12. The van der Waals surface area contributed by atoms with Gasteiger partial charge in [0.2, 0.25) is 0 Å². The summed E-state index contributed by atoms with van der Waals surface area (Å²) in [6.07, 6.45) is 5.41. The molecule has 4 rings (SSSR count). The van der Waals surface area contributed by atoms with E-state index >= 15 is 0 Å². The summed E-state index contributed by atoms with van der Waals surface area (Å²) < 4.78 is 23.4. The summed E-state index contributed by atoms with van der Waals surface area (Å²) in [4.78, 5) is 39.3. The number of carbonyl (C=O) groups is 3. The molecular formula is C21H28O7. The standard InChI is InChI=1S/C21H28O7/c1-18(2,3)27-17(24)21-15(22)8-10-19(28-21)9-6-5-7-14(19)20(21)13(12-25-4)11-16(23)26-20/h11,14H,5-10,12H2,1-4H3/t14-,19+,20-,21+/m1/s1. The number of ether oxygens (including phenoxy) is 4. The van der Waals surface area contributed by atoms with Crippen LogP contribution in [0.15, 0.2) is 11.6 Å². The average molecular weight is 392 g/mol. The summed E-state index contributed by atoms with van der Waals surface area (Å²) in [7, 11) is 1.51. The Morgan fingerprint density at radius 1 is 1.25 bits per heavy atom. The van der Waals surface area contributed by atoms with Crippen molar-refractivity contribution in [2.45, 2.75) is 81.7 Å². The van der Waals surface area contributed by atoms with E-state index in [0.29, 0.717) is 18.4 Å². The van der Waals surface area contributed by atoms with Crippen LogP contribution >= 0.6 is 0 Å². The molecule has 0 aromatic rings. The van der Waals surface area contributed by atoms with E-state index in [4.69, 9.17) is 18.9 Å². The summed E-state index contributed by atoms with van der Waals surface area (Å²) in [5.74, 6) is -1.99. The molecule has 7 nitrogen and oxygen atoms in total. The Labute approximate surface area is 164 Å². The van der Waals surface area contributed by atoms with E-state index < -0.39 is 34.3 Å². The number of hydrogen-bond donors (Lipinski definition) is 0. The molecule has 7 heteroatoms. The second kappa shape index (κ2) is 6.13. The summed E-state index contributed by atoms with van der Waals surface area (Å²) in [6, 6.07) is 0. The molecule has 0 radical (unpaired) electrons. The molecule has 3 fully saturated rings. The minimum Gasteiger partial charge on any atom is -0.457 e. The molecule has 0 amide bonds. The van der Waals surface area contributed by atoms with Crippen LogP contribution < -0.4 is 0 Å². The molecule has 0 aromatic carbocycles. The smallest absolute Gasteiger partial charge is 0.351 e. The van der Waals surface area contributed by atoms with Crippen molar-refractivity contribution in [2.75, 3.05) is 13.7 Å². The normalized spacial score (nSPS) is 39.6. The van der Waals surface area contributed by atoms with Crippen LogP contribution in [0.5, 0.6) is 0 Å². The fourth-order valence-corrected chi connectivity index (χ4v) is 5.70. The maximum absolute atomic E-state index is 13.5. The maximum atomic E-state index is 13.5. The Morgan fingerprint density at radius 3 is 2.68 bits per heavy atom. The molecule has 2 spiro atoms. The Bertz CT molecular complexity index is 763. The van der Waals surface area contributed by atoms with Crippen molar-refractivity contribution in [3.05, 3.63) is 11.6 Å². The molecule has 2 saturated heterocycles. The molecule has 154 valence electrons. The van der Waals surface area contributed by atoms with Gasteiger partial charge in [-0.2, -0.15) is 0 Å². The number of hydrogen-bond acceptors (Lipinski definition) is 7. The molecule has 3 aliphatic heterocycles. The molecule has 4 aliphatic rings. The molecule has 3 heterocycles. The molecule has 1 saturated carbocycles. The van der Waals surface area contributed by atoms with Crippen LogP contribution in [0.1, 0.15) is 59.3 Å². The van der Waals surface area contributed by atoms with E-state index in [-0.39, 0.29) is 24.7 Å². The lowest BCUT2D eigenvalue weighted by molar-refractivity contribution is -0.216. The largest absolute Gasteiger partial charge is 0.457 e. The Morgan fingerprint density at radius 2 is 2.00 bits per heavy atom. The quantitative estimate of drug-likeness (QED) is 0.538. The Hall–Kier alpha value is -1.73. The van der Waals surface area contributed by atoms with Crippen LogP contribution in [0.2, 0.25) is 0 Å². The van der Waals surface area contributed by atoms with Crippen molar-refractivity contribution in [1.29, 1.82) is 0 Å². The molecule has 2 bridgehead atoms. The van der Waals surface area contributed by atoms with Gasteiger partial charge >= 0.3 is 11.9 Å². The fraction of sp³-hybridized carbons (Fsp3) is 0.762. The van der Waals surface area contributed by atoms with Gasteiger partial charge < -0.3 is 18.9 Å². The van der Waals surface area contributed by atoms with Gasteiger partial charge in [0.1, 0.15) is 5.60 Å². The second-order valence-electron chi connectivity index (χ2n) is 9.33. The van der Waals surface area contributed by atoms with Crippen molar-refractivity contribution in [3.8, 4) is 0 Å². The predicted molar refractivity (Wildman–Crippen MR) is 97.4 cm³/mol. The van der Waals surface area contributed by atoms with E-state index in [1.54, 1.807) is 20.8 Å². The van der Waals surface area contributed by atoms with Crippen molar-refractivity contribution in [3.63, 3.8) is 0 Å². The summed E-state index contributed by atoms with van der Waals surface area (Å²) in [6.45, 7) is 5.31. The van der Waals surface area contributed by atoms with Gasteiger partial charge in [0.05, 0.1) is 12.2 Å². The first kappa shape index (κ1) is 19.6. The van der Waals surface area contributed by atoms with Gasteiger partial charge in [-0.3, -0.25) is 4.79 Å². The van der Waals surface area contributed by atoms with E-state index in [0.717, 1.165) is 19.3 Å². The lowest BCUT2D eigenvalue weighted by atomic mass is 9.63. The van der Waals surface area contributed by atoms with Crippen LogP contribution in [-0.4, -0.2) is 53.8 Å². The van der Waals surface area contributed by atoms with Crippen molar-refractivity contribution >= 4 is 17.7 Å².